The number of anilines is 1. The minimum atomic E-state index is -0.983. The second kappa shape index (κ2) is 8.67. The molecule has 3 amide bonds. The van der Waals surface area contributed by atoms with Crippen LogP contribution in [0.25, 0.3) is 0 Å². The molecule has 0 saturated carbocycles. The van der Waals surface area contributed by atoms with Gasteiger partial charge in [-0.05, 0) is 24.1 Å². The van der Waals surface area contributed by atoms with Crippen molar-refractivity contribution in [3.05, 3.63) is 29.8 Å². The Morgan fingerprint density at radius 2 is 2.00 bits per heavy atom. The second-order valence-electron chi connectivity index (χ2n) is 5.57. The van der Waals surface area contributed by atoms with E-state index in [0.29, 0.717) is 13.1 Å². The predicted molar refractivity (Wildman–Crippen MR) is 92.4 cm³/mol. The Morgan fingerprint density at radius 3 is 2.64 bits per heavy atom. The molecule has 0 radical (unpaired) electrons. The normalized spacial score (nSPS) is 14.8. The van der Waals surface area contributed by atoms with Gasteiger partial charge >= 0.3 is 12.0 Å². The first-order valence-corrected chi connectivity index (χ1v) is 7.89. The van der Waals surface area contributed by atoms with E-state index in [2.05, 4.69) is 10.4 Å². The molecule has 2 rings (SSSR count). The molecule has 134 valence electrons. The van der Waals surface area contributed by atoms with Gasteiger partial charge in [0, 0.05) is 25.3 Å². The summed E-state index contributed by atoms with van der Waals surface area (Å²) < 4.78 is 0. The van der Waals surface area contributed by atoms with Gasteiger partial charge in [-0.3, -0.25) is 14.5 Å². The van der Waals surface area contributed by atoms with E-state index in [9.17, 15) is 14.4 Å². The highest BCUT2D eigenvalue weighted by Crippen LogP contribution is 2.20. The number of hydrogen-bond acceptors (Lipinski definition) is 5. The van der Waals surface area contributed by atoms with Crippen LogP contribution in [0.2, 0.25) is 0 Å². The van der Waals surface area contributed by atoms with E-state index in [0.717, 1.165) is 17.7 Å². The number of carbonyl (C=O) groups excluding carboxylic acids is 2. The first-order valence-electron chi connectivity index (χ1n) is 7.89. The van der Waals surface area contributed by atoms with Crippen molar-refractivity contribution >= 4 is 29.8 Å². The average Bonchev–Trinajstić information content (AvgIpc) is 2.58. The van der Waals surface area contributed by atoms with Crippen LogP contribution in [0.15, 0.2) is 29.4 Å². The van der Waals surface area contributed by atoms with Crippen LogP contribution in [0, 0.1) is 0 Å². The van der Waals surface area contributed by atoms with Gasteiger partial charge in [-0.15, -0.1) is 0 Å². The lowest BCUT2D eigenvalue weighted by Crippen LogP contribution is -2.52. The van der Waals surface area contributed by atoms with Crippen molar-refractivity contribution in [2.45, 2.75) is 12.8 Å². The van der Waals surface area contributed by atoms with Gasteiger partial charge in [-0.1, -0.05) is 12.1 Å². The summed E-state index contributed by atoms with van der Waals surface area (Å²) in [4.78, 5) is 38.0. The number of urea groups is 1. The molecule has 1 aromatic carbocycles. The van der Waals surface area contributed by atoms with Crippen molar-refractivity contribution < 1.29 is 19.5 Å². The summed E-state index contributed by atoms with van der Waals surface area (Å²) in [7, 11) is 0. The molecule has 1 aliphatic heterocycles. The van der Waals surface area contributed by atoms with Gasteiger partial charge in [-0.2, -0.15) is 5.10 Å². The Labute approximate surface area is 145 Å². The monoisotopic (exact) mass is 347 g/mol. The molecule has 9 nitrogen and oxygen atoms in total. The molecule has 0 atom stereocenters. The number of nitrogens with zero attached hydrogens (tertiary/aromatic N) is 3. The topological polar surface area (TPSA) is 128 Å². The quantitative estimate of drug-likeness (QED) is 0.369. The number of nitrogens with two attached hydrogens (primary N) is 1. The lowest BCUT2D eigenvalue weighted by Gasteiger charge is -2.35. The van der Waals surface area contributed by atoms with Gasteiger partial charge in [0.15, 0.2) is 0 Å². The van der Waals surface area contributed by atoms with Gasteiger partial charge in [-0.25, -0.2) is 4.79 Å². The number of hydrogen-bond donors (Lipinski definition) is 3. The number of hydrazone groups is 1. The molecular formula is C16H21N5O4. The number of carboxylic acids is 1. The third kappa shape index (κ3) is 5.20. The number of aliphatic carboxylic acids is 1. The molecule has 1 saturated heterocycles. The summed E-state index contributed by atoms with van der Waals surface area (Å²) in [5, 5.41) is 14.5. The molecule has 1 fully saturated rings. The van der Waals surface area contributed by atoms with Gasteiger partial charge in [0.25, 0.3) is 0 Å². The summed E-state index contributed by atoms with van der Waals surface area (Å²) in [5.74, 6) is 3.75. The Kier molecular flexibility index (Phi) is 6.33. The van der Waals surface area contributed by atoms with Gasteiger partial charge in [0.1, 0.15) is 6.54 Å². The average molecular weight is 347 g/mol. The fourth-order valence-electron chi connectivity index (χ4n) is 2.53. The number of nitrogens with one attached hydrogen (secondary N) is 1. The van der Waals surface area contributed by atoms with Crippen molar-refractivity contribution in [2.24, 2.45) is 10.9 Å². The van der Waals surface area contributed by atoms with E-state index < -0.39 is 5.97 Å². The second-order valence-corrected chi connectivity index (χ2v) is 5.57. The molecule has 0 bridgehead atoms. The number of carboxylic acid groups (broad SMARTS) is 1. The minimum absolute atomic E-state index is 0.0457. The van der Waals surface area contributed by atoms with Crippen LogP contribution in [-0.4, -0.2) is 60.3 Å². The highest BCUT2D eigenvalue weighted by atomic mass is 16.4. The van der Waals surface area contributed by atoms with Crippen LogP contribution >= 0.6 is 0 Å². The van der Waals surface area contributed by atoms with Crippen LogP contribution in [0.1, 0.15) is 18.4 Å². The maximum absolute atomic E-state index is 12.6. The molecule has 1 heterocycles. The maximum atomic E-state index is 12.6. The smallest absolute Gasteiger partial charge is 0.324 e. The maximum Gasteiger partial charge on any atom is 0.324 e. The van der Waals surface area contributed by atoms with Crippen LogP contribution < -0.4 is 16.1 Å². The third-order valence-corrected chi connectivity index (χ3v) is 3.74. The largest absolute Gasteiger partial charge is 0.481 e. The molecule has 9 heteroatoms. The van der Waals surface area contributed by atoms with Crippen molar-refractivity contribution in [2.75, 3.05) is 31.1 Å². The summed E-state index contributed by atoms with van der Waals surface area (Å²) in [6, 6.07) is 6.95. The highest BCUT2D eigenvalue weighted by Gasteiger charge is 2.28. The zero-order valence-electron chi connectivity index (χ0n) is 13.7. The zero-order valence-corrected chi connectivity index (χ0v) is 13.7. The third-order valence-electron chi connectivity index (χ3n) is 3.74. The molecule has 1 aromatic rings. The van der Waals surface area contributed by atoms with Crippen molar-refractivity contribution in [1.29, 1.82) is 0 Å². The molecule has 4 N–H and O–H groups in total. The molecule has 1 aliphatic rings. The molecule has 0 spiro atoms. The molecular weight excluding hydrogens is 326 g/mol. The highest BCUT2D eigenvalue weighted by molar-refractivity contribution is 5.95. The zero-order chi connectivity index (χ0) is 18.2. The molecule has 0 unspecified atom stereocenters. The Hall–Kier alpha value is -3.10. The first kappa shape index (κ1) is 18.2. The van der Waals surface area contributed by atoms with Crippen LogP contribution in [0.5, 0.6) is 0 Å². The van der Waals surface area contributed by atoms with E-state index in [-0.39, 0.29) is 31.4 Å². The first-order chi connectivity index (χ1) is 12.0. The van der Waals surface area contributed by atoms with Crippen LogP contribution in [0.4, 0.5) is 10.5 Å². The van der Waals surface area contributed by atoms with Gasteiger partial charge < -0.3 is 21.2 Å². The lowest BCUT2D eigenvalue weighted by molar-refractivity contribution is -0.136. The lowest BCUT2D eigenvalue weighted by atomic mass is 10.2. The summed E-state index contributed by atoms with van der Waals surface area (Å²) in [5.41, 5.74) is 1.56. The van der Waals surface area contributed by atoms with Crippen molar-refractivity contribution in [3.8, 4) is 0 Å². The summed E-state index contributed by atoms with van der Waals surface area (Å²) >= 11 is 0. The van der Waals surface area contributed by atoms with Gasteiger partial charge in [0.05, 0.1) is 12.6 Å². The Bertz CT molecular complexity index is 659. The number of carbonyl (C=O) groups is 3. The Balaban J connectivity index is 1.95. The van der Waals surface area contributed by atoms with E-state index in [1.54, 1.807) is 29.2 Å². The standard InChI is InChI=1S/C16H21N5O4/c17-19-10-12-2-4-13(5-3-12)21-9-1-8-20(16(21)25)11-14(22)18-7-6-15(23)24/h2-5,10H,1,6-9,11,17H2,(H,18,22)(H,23,24). The minimum Gasteiger partial charge on any atom is -0.481 e. The predicted octanol–water partition coefficient (Wildman–Crippen LogP) is 0.202. The van der Waals surface area contributed by atoms with Crippen LogP contribution in [-0.2, 0) is 9.59 Å². The summed E-state index contributed by atoms with van der Waals surface area (Å²) in [6.07, 6.45) is 2.10. The van der Waals surface area contributed by atoms with Crippen molar-refractivity contribution in [1.82, 2.24) is 10.2 Å². The molecule has 0 aromatic heterocycles. The molecule has 25 heavy (non-hydrogen) atoms. The number of rotatable bonds is 7. The SMILES string of the molecule is NN=Cc1ccc(N2CCCN(CC(=O)NCCC(=O)O)C2=O)cc1. The number of amides is 3. The fourth-order valence-corrected chi connectivity index (χ4v) is 2.53. The van der Waals surface area contributed by atoms with E-state index in [1.807, 2.05) is 0 Å². The molecule has 0 aliphatic carbocycles. The van der Waals surface area contributed by atoms with Gasteiger partial charge in [0.2, 0.25) is 5.91 Å². The van der Waals surface area contributed by atoms with E-state index >= 15 is 0 Å². The fraction of sp³-hybridized carbons (Fsp3) is 0.375. The van der Waals surface area contributed by atoms with Crippen LogP contribution in [0.3, 0.4) is 0 Å². The van der Waals surface area contributed by atoms with Crippen molar-refractivity contribution in [3.63, 3.8) is 0 Å². The number of benzene rings is 1. The van der Waals surface area contributed by atoms with E-state index in [1.165, 1.54) is 11.1 Å². The summed E-state index contributed by atoms with van der Waals surface area (Å²) in [6.45, 7) is 1.01. The van der Waals surface area contributed by atoms with E-state index in [4.69, 9.17) is 10.9 Å². The Morgan fingerprint density at radius 1 is 1.28 bits per heavy atom.